The molecule has 4 aliphatic rings. The van der Waals surface area contributed by atoms with Gasteiger partial charge < -0.3 is 14.7 Å². The van der Waals surface area contributed by atoms with Gasteiger partial charge in [-0.25, -0.2) is 13.8 Å². The van der Waals surface area contributed by atoms with Gasteiger partial charge in [0.2, 0.25) is 5.60 Å². The first kappa shape index (κ1) is 24.4. The van der Waals surface area contributed by atoms with E-state index in [0.29, 0.717) is 12.0 Å². The van der Waals surface area contributed by atoms with E-state index in [1.54, 1.807) is 6.92 Å². The molecule has 0 saturated heterocycles. The first-order valence-electron chi connectivity index (χ1n) is 10.9. The van der Waals surface area contributed by atoms with Crippen LogP contribution in [0.3, 0.4) is 0 Å². The predicted molar refractivity (Wildman–Crippen MR) is 111 cm³/mol. The van der Waals surface area contributed by atoms with Crippen molar-refractivity contribution in [2.45, 2.75) is 63.8 Å². The van der Waals surface area contributed by atoms with E-state index in [1.807, 2.05) is 0 Å². The number of rotatable bonds is 2. The van der Waals surface area contributed by atoms with Gasteiger partial charge in [-0.1, -0.05) is 25.5 Å². The van der Waals surface area contributed by atoms with Gasteiger partial charge in [-0.2, -0.15) is 0 Å². The molecule has 0 spiro atoms. The number of carbonyl (C=O) groups excluding carboxylic acids is 3. The molecule has 0 aromatic carbocycles. The molecule has 0 amide bonds. The van der Waals surface area contributed by atoms with E-state index < -0.39 is 72.0 Å². The summed E-state index contributed by atoms with van der Waals surface area (Å²) in [6.07, 6.45) is 2.46. The first-order valence-corrected chi connectivity index (χ1v) is 12.4. The molecule has 0 aliphatic heterocycles. The van der Waals surface area contributed by atoms with Crippen LogP contribution in [0.2, 0.25) is 0 Å². The molecule has 182 valence electrons. The Hall–Kier alpha value is -1.71. The number of ketones is 2. The number of allylic oxidation sites excluding steroid dienone is 4. The van der Waals surface area contributed by atoms with Crippen LogP contribution in [0.15, 0.2) is 23.8 Å². The minimum Gasteiger partial charge on any atom is -0.390 e. The lowest BCUT2D eigenvalue weighted by Gasteiger charge is -2.66. The Labute approximate surface area is 189 Å². The van der Waals surface area contributed by atoms with E-state index in [1.165, 1.54) is 32.1 Å². The van der Waals surface area contributed by atoms with Crippen LogP contribution in [0, 0.1) is 28.6 Å². The zero-order chi connectivity index (χ0) is 24.8. The molecule has 0 aromatic rings. The number of fused-ring (bicyclic) bond motifs is 5. The third kappa shape index (κ3) is 3.04. The van der Waals surface area contributed by atoms with Crippen molar-refractivity contribution in [2.24, 2.45) is 28.6 Å². The molecule has 3 saturated carbocycles. The Kier molecular flexibility index (Phi) is 5.29. The number of carbonyl (C=O) groups is 3. The molecule has 8 atom stereocenters. The fourth-order valence-corrected chi connectivity index (χ4v) is 7.39. The summed E-state index contributed by atoms with van der Waals surface area (Å²) in [5, 5.41) is 22.6. The number of hydrogen-bond acceptors (Lipinski definition) is 7. The number of halogens is 1. The zero-order valence-electron chi connectivity index (χ0n) is 18.5. The molecule has 0 bridgehead atoms. The highest BCUT2D eigenvalue weighted by molar-refractivity contribution is 7.46. The molecule has 0 unspecified atom stereocenters. The van der Waals surface area contributed by atoms with E-state index in [0.717, 1.165) is 0 Å². The number of aliphatic hydroxyl groups is 2. The van der Waals surface area contributed by atoms with Gasteiger partial charge in [0.25, 0.3) is 0 Å². The Balaban J connectivity index is 1.85. The predicted octanol–water partition coefficient (Wildman–Crippen LogP) is 1.54. The van der Waals surface area contributed by atoms with Crippen molar-refractivity contribution in [1.82, 2.24) is 0 Å². The number of alkyl halides is 1. The van der Waals surface area contributed by atoms with E-state index in [4.69, 9.17) is 9.79 Å². The van der Waals surface area contributed by atoms with Crippen LogP contribution < -0.4 is 0 Å². The normalized spacial score (nSPS) is 47.2. The highest BCUT2D eigenvalue weighted by atomic mass is 31.2. The van der Waals surface area contributed by atoms with Crippen molar-refractivity contribution in [1.29, 1.82) is 0 Å². The molecule has 0 aromatic heterocycles. The molecular weight excluding hydrogens is 458 g/mol. The first-order chi connectivity index (χ1) is 15.0. The van der Waals surface area contributed by atoms with Gasteiger partial charge in [0, 0.05) is 22.7 Å². The molecule has 9 nitrogen and oxygen atoms in total. The highest BCUT2D eigenvalue weighted by Crippen LogP contribution is 2.68. The van der Waals surface area contributed by atoms with Gasteiger partial charge >= 0.3 is 13.8 Å². The van der Waals surface area contributed by atoms with Crippen LogP contribution in [0.5, 0.6) is 0 Å². The Morgan fingerprint density at radius 1 is 1.24 bits per heavy atom. The van der Waals surface area contributed by atoms with E-state index in [-0.39, 0.29) is 18.6 Å². The largest absolute Gasteiger partial charge is 0.527 e. The summed E-state index contributed by atoms with van der Waals surface area (Å²) in [5.74, 6) is -5.68. The van der Waals surface area contributed by atoms with Gasteiger partial charge in [-0.3, -0.25) is 19.4 Å². The summed E-state index contributed by atoms with van der Waals surface area (Å²) in [6, 6.07) is 0. The third-order valence-electron chi connectivity index (χ3n) is 8.77. The van der Waals surface area contributed by atoms with Crippen LogP contribution >= 0.6 is 7.82 Å². The van der Waals surface area contributed by atoms with Crippen molar-refractivity contribution in [2.75, 3.05) is 0 Å². The van der Waals surface area contributed by atoms with E-state index in [9.17, 15) is 29.2 Å². The molecule has 0 heterocycles. The lowest BCUT2D eigenvalue weighted by molar-refractivity contribution is -0.249. The monoisotopic (exact) mass is 486 g/mol. The molecule has 11 heteroatoms. The van der Waals surface area contributed by atoms with Crippen LogP contribution in [-0.4, -0.2) is 54.9 Å². The highest BCUT2D eigenvalue weighted by Gasteiger charge is 2.76. The Morgan fingerprint density at radius 3 is 2.48 bits per heavy atom. The van der Waals surface area contributed by atoms with Crippen molar-refractivity contribution >= 4 is 25.4 Å². The van der Waals surface area contributed by atoms with Gasteiger partial charge in [-0.05, 0) is 50.7 Å². The minimum atomic E-state index is -5.40. The van der Waals surface area contributed by atoms with E-state index >= 15 is 4.39 Å². The number of phosphoric ester groups is 1. The maximum absolute atomic E-state index is 17.1. The summed E-state index contributed by atoms with van der Waals surface area (Å²) < 4.78 is 32.6. The maximum atomic E-state index is 17.1. The quantitative estimate of drug-likeness (QED) is 0.335. The average Bonchev–Trinajstić information content (AvgIpc) is 2.69. The topological polar surface area (TPSA) is 158 Å². The number of Topliss-reactive ketones (excluding diaryl/α,β-unsaturated/α-hetero) is 1. The molecule has 3 fully saturated rings. The summed E-state index contributed by atoms with van der Waals surface area (Å²) >= 11 is 0. The molecule has 0 radical (unpaired) electrons. The molecule has 33 heavy (non-hydrogen) atoms. The van der Waals surface area contributed by atoms with E-state index in [2.05, 4.69) is 4.52 Å². The minimum absolute atomic E-state index is 0.113. The summed E-state index contributed by atoms with van der Waals surface area (Å²) in [5.41, 5.74) is -7.73. The molecular formula is C22H28FO9P. The fourth-order valence-electron chi connectivity index (χ4n) is 7.04. The zero-order valence-corrected chi connectivity index (χ0v) is 19.4. The third-order valence-corrected chi connectivity index (χ3v) is 9.17. The SMILES string of the molecule is C[C@@H]1C[C@H]2[C@@H]3CCC4=CC(=O)C=C[C@]4(C)[C@@]3(F)[C@@H](O)C[C@]2(C)[C@](O)(C(=O)OP(=O)(O)O)C1=O. The smallest absolute Gasteiger partial charge is 0.390 e. The van der Waals surface area contributed by atoms with Crippen LogP contribution in [0.4, 0.5) is 4.39 Å². The molecule has 4 N–H and O–H groups in total. The van der Waals surface area contributed by atoms with Crippen molar-refractivity contribution in [3.63, 3.8) is 0 Å². The van der Waals surface area contributed by atoms with Crippen LogP contribution in [-0.2, 0) is 23.5 Å². The second kappa shape index (κ2) is 7.15. The molecule has 4 aliphatic carbocycles. The number of hydrogen-bond donors (Lipinski definition) is 4. The second-order valence-electron chi connectivity index (χ2n) is 10.3. The Bertz CT molecular complexity index is 1050. The fraction of sp³-hybridized carbons (Fsp3) is 0.682. The average molecular weight is 486 g/mol. The van der Waals surface area contributed by atoms with Gasteiger partial charge in [0.15, 0.2) is 17.2 Å². The lowest BCUT2D eigenvalue weighted by Crippen LogP contribution is -2.75. The van der Waals surface area contributed by atoms with Gasteiger partial charge in [-0.15, -0.1) is 0 Å². The van der Waals surface area contributed by atoms with Crippen molar-refractivity contribution < 1.29 is 47.9 Å². The maximum Gasteiger partial charge on any atom is 0.527 e. The van der Waals surface area contributed by atoms with Gasteiger partial charge in [0.1, 0.15) is 0 Å². The standard InChI is InChI=1S/C22H28FO9P/c1-11-8-15-14-5-4-12-9-13(24)6-7-19(12,2)21(14,23)16(25)10-20(15,3)22(28,17(11)26)18(27)32-33(29,30)31/h6-7,9,11,14-16,25,28H,4-5,8,10H2,1-3H3,(H2,29,30,31)/t11-,14+,15+,16+,19+,20+,21+,22-/m1/s1. The lowest BCUT2D eigenvalue weighted by atomic mass is 9.40. The summed E-state index contributed by atoms with van der Waals surface area (Å²) in [6.45, 7) is 4.42. The Morgan fingerprint density at radius 2 is 1.88 bits per heavy atom. The summed E-state index contributed by atoms with van der Waals surface area (Å²) in [4.78, 5) is 56.0. The molecule has 4 rings (SSSR count). The number of aliphatic hydroxyl groups excluding tert-OH is 1. The number of phosphoric acid groups is 1. The van der Waals surface area contributed by atoms with Crippen molar-refractivity contribution in [3.05, 3.63) is 23.8 Å². The van der Waals surface area contributed by atoms with Crippen LogP contribution in [0.1, 0.15) is 46.5 Å². The van der Waals surface area contributed by atoms with Crippen molar-refractivity contribution in [3.8, 4) is 0 Å². The summed E-state index contributed by atoms with van der Waals surface area (Å²) in [7, 11) is -5.40. The second-order valence-corrected chi connectivity index (χ2v) is 11.5. The van der Waals surface area contributed by atoms with Gasteiger partial charge in [0.05, 0.1) is 6.10 Å². The van der Waals surface area contributed by atoms with Crippen LogP contribution in [0.25, 0.3) is 0 Å².